The highest BCUT2D eigenvalue weighted by molar-refractivity contribution is 7.89. The van der Waals surface area contributed by atoms with Gasteiger partial charge < -0.3 is 5.32 Å². The molecule has 0 radical (unpaired) electrons. The summed E-state index contributed by atoms with van der Waals surface area (Å²) in [7, 11) is -3.60. The number of aryl methyl sites for hydroxylation is 1. The van der Waals surface area contributed by atoms with Crippen LogP contribution in [-0.4, -0.2) is 55.8 Å². The van der Waals surface area contributed by atoms with Crippen LogP contribution in [0.1, 0.15) is 47.2 Å². The fourth-order valence-electron chi connectivity index (χ4n) is 4.48. The number of likely N-dealkylation sites (tertiary alicyclic amines) is 1. The Morgan fingerprint density at radius 2 is 1.78 bits per heavy atom. The molecule has 6 nitrogen and oxygen atoms in total. The highest BCUT2D eigenvalue weighted by Gasteiger charge is 2.29. The molecule has 4 rings (SSSR count). The minimum Gasteiger partial charge on any atom is -0.349 e. The Morgan fingerprint density at radius 3 is 2.47 bits per heavy atom. The Kier molecular flexibility index (Phi) is 7.20. The van der Waals surface area contributed by atoms with Crippen LogP contribution in [0.25, 0.3) is 0 Å². The van der Waals surface area contributed by atoms with Crippen LogP contribution in [0.2, 0.25) is 5.02 Å². The summed E-state index contributed by atoms with van der Waals surface area (Å²) in [6.45, 7) is 5.85. The van der Waals surface area contributed by atoms with Crippen LogP contribution >= 0.6 is 11.6 Å². The molecule has 0 spiro atoms. The molecule has 2 heterocycles. The smallest absolute Gasteiger partial charge is 0.253 e. The van der Waals surface area contributed by atoms with Gasteiger partial charge in [-0.3, -0.25) is 9.69 Å². The van der Waals surface area contributed by atoms with Crippen LogP contribution in [-0.2, 0) is 16.6 Å². The summed E-state index contributed by atoms with van der Waals surface area (Å²) in [4.78, 5) is 15.4. The summed E-state index contributed by atoms with van der Waals surface area (Å²) in [6.07, 6.45) is 3.42. The van der Waals surface area contributed by atoms with Crippen molar-refractivity contribution in [2.24, 2.45) is 0 Å². The number of rotatable bonds is 6. The standard InChI is InChI=1S/C24H30ClN3O3S/c1-18-5-4-6-19(15-18)17-27-13-9-20(10-14-27)26-24(29)22-16-21(7-8-23(22)25)32(30,31)28-11-2-3-12-28/h4-8,15-16,20H,2-3,9-14,17H2,1H3,(H,26,29). The molecule has 2 aromatic carbocycles. The molecule has 0 bridgehead atoms. The van der Waals surface area contributed by atoms with E-state index in [9.17, 15) is 13.2 Å². The Morgan fingerprint density at radius 1 is 1.06 bits per heavy atom. The summed E-state index contributed by atoms with van der Waals surface area (Å²) in [5.74, 6) is -0.314. The van der Waals surface area contributed by atoms with Crippen molar-refractivity contribution in [2.45, 2.75) is 50.1 Å². The lowest BCUT2D eigenvalue weighted by molar-refractivity contribution is 0.0909. The maximum Gasteiger partial charge on any atom is 0.253 e. The second-order valence-electron chi connectivity index (χ2n) is 8.77. The predicted octanol–water partition coefficient (Wildman–Crippen LogP) is 3.83. The zero-order valence-electron chi connectivity index (χ0n) is 18.4. The van der Waals surface area contributed by atoms with Crippen molar-refractivity contribution in [3.05, 3.63) is 64.2 Å². The van der Waals surface area contributed by atoms with Crippen LogP contribution in [0.4, 0.5) is 0 Å². The SMILES string of the molecule is Cc1cccc(CN2CCC(NC(=O)c3cc(S(=O)(=O)N4CCCC4)ccc3Cl)CC2)c1. The van der Waals surface area contributed by atoms with Crippen LogP contribution < -0.4 is 5.32 Å². The second-order valence-corrected chi connectivity index (χ2v) is 11.1. The number of hydrogen-bond acceptors (Lipinski definition) is 4. The molecule has 32 heavy (non-hydrogen) atoms. The number of sulfonamides is 1. The van der Waals surface area contributed by atoms with Gasteiger partial charge in [0.05, 0.1) is 15.5 Å². The third kappa shape index (κ3) is 5.34. The van der Waals surface area contributed by atoms with E-state index in [1.165, 1.54) is 33.6 Å². The first-order valence-electron chi connectivity index (χ1n) is 11.2. The molecule has 2 aliphatic heterocycles. The van der Waals surface area contributed by atoms with E-state index in [1.54, 1.807) is 0 Å². The largest absolute Gasteiger partial charge is 0.349 e. The number of amides is 1. The fourth-order valence-corrected chi connectivity index (χ4v) is 6.23. The van der Waals surface area contributed by atoms with Gasteiger partial charge >= 0.3 is 0 Å². The molecular formula is C24H30ClN3O3S. The van der Waals surface area contributed by atoms with Gasteiger partial charge in [-0.05, 0) is 56.4 Å². The van der Waals surface area contributed by atoms with Gasteiger partial charge in [0, 0.05) is 38.8 Å². The summed E-state index contributed by atoms with van der Waals surface area (Å²) in [6, 6.07) is 13.0. The molecular weight excluding hydrogens is 446 g/mol. The first-order chi connectivity index (χ1) is 15.3. The lowest BCUT2D eigenvalue weighted by Crippen LogP contribution is -2.44. The summed E-state index contributed by atoms with van der Waals surface area (Å²) in [5.41, 5.74) is 2.78. The Hall–Kier alpha value is -1.93. The Labute approximate surface area is 195 Å². The normalized spacial score (nSPS) is 18.7. The third-order valence-corrected chi connectivity index (χ3v) is 8.52. The van der Waals surface area contributed by atoms with Gasteiger partial charge in [0.1, 0.15) is 0 Å². The van der Waals surface area contributed by atoms with Crippen LogP contribution in [0.15, 0.2) is 47.4 Å². The summed E-state index contributed by atoms with van der Waals surface area (Å²) in [5, 5.41) is 3.32. The number of hydrogen-bond donors (Lipinski definition) is 1. The molecule has 0 atom stereocenters. The number of halogens is 1. The lowest BCUT2D eigenvalue weighted by Gasteiger charge is -2.32. The number of nitrogens with one attached hydrogen (secondary N) is 1. The van der Waals surface area contributed by atoms with E-state index >= 15 is 0 Å². The Balaban J connectivity index is 1.37. The first-order valence-corrected chi connectivity index (χ1v) is 13.0. The molecule has 1 amide bonds. The quantitative estimate of drug-likeness (QED) is 0.689. The number of benzene rings is 2. The van der Waals surface area contributed by atoms with Crippen molar-refractivity contribution in [2.75, 3.05) is 26.2 Å². The zero-order valence-corrected chi connectivity index (χ0v) is 20.0. The van der Waals surface area contributed by atoms with E-state index < -0.39 is 10.0 Å². The fraction of sp³-hybridized carbons (Fsp3) is 0.458. The van der Waals surface area contributed by atoms with E-state index in [-0.39, 0.29) is 27.4 Å². The topological polar surface area (TPSA) is 69.7 Å². The third-order valence-electron chi connectivity index (χ3n) is 6.30. The zero-order chi connectivity index (χ0) is 22.7. The van der Waals surface area contributed by atoms with Crippen molar-refractivity contribution in [1.82, 2.24) is 14.5 Å². The van der Waals surface area contributed by atoms with Gasteiger partial charge in [0.15, 0.2) is 0 Å². The van der Waals surface area contributed by atoms with E-state index in [1.807, 2.05) is 0 Å². The van der Waals surface area contributed by atoms with Crippen LogP contribution in [0.5, 0.6) is 0 Å². The van der Waals surface area contributed by atoms with Gasteiger partial charge in [-0.15, -0.1) is 0 Å². The van der Waals surface area contributed by atoms with Crippen molar-refractivity contribution >= 4 is 27.5 Å². The van der Waals surface area contributed by atoms with Crippen LogP contribution in [0, 0.1) is 6.92 Å². The minimum atomic E-state index is -3.60. The first kappa shape index (κ1) is 23.2. The van der Waals surface area contributed by atoms with Gasteiger partial charge in [0.2, 0.25) is 10.0 Å². The summed E-state index contributed by atoms with van der Waals surface area (Å²) < 4.78 is 27.2. The molecule has 2 aromatic rings. The molecule has 0 saturated carbocycles. The number of carbonyl (C=O) groups is 1. The molecule has 1 N–H and O–H groups in total. The number of piperidine rings is 1. The van der Waals surface area contributed by atoms with Crippen molar-refractivity contribution in [3.63, 3.8) is 0 Å². The molecule has 0 aromatic heterocycles. The van der Waals surface area contributed by atoms with E-state index in [2.05, 4.69) is 41.4 Å². The summed E-state index contributed by atoms with van der Waals surface area (Å²) >= 11 is 6.27. The predicted molar refractivity (Wildman–Crippen MR) is 126 cm³/mol. The monoisotopic (exact) mass is 475 g/mol. The van der Waals surface area contributed by atoms with E-state index in [0.717, 1.165) is 45.3 Å². The van der Waals surface area contributed by atoms with Crippen LogP contribution in [0.3, 0.4) is 0 Å². The average molecular weight is 476 g/mol. The molecule has 2 saturated heterocycles. The highest BCUT2D eigenvalue weighted by atomic mass is 35.5. The second kappa shape index (κ2) is 9.91. The molecule has 8 heteroatoms. The van der Waals surface area contributed by atoms with Crippen molar-refractivity contribution in [1.29, 1.82) is 0 Å². The van der Waals surface area contributed by atoms with E-state index in [4.69, 9.17) is 11.6 Å². The average Bonchev–Trinajstić information content (AvgIpc) is 3.31. The maximum atomic E-state index is 12.9. The molecule has 2 aliphatic rings. The van der Waals surface area contributed by atoms with Crippen molar-refractivity contribution in [3.8, 4) is 0 Å². The van der Waals surface area contributed by atoms with Crippen molar-refractivity contribution < 1.29 is 13.2 Å². The van der Waals surface area contributed by atoms with Gasteiger partial charge in [-0.2, -0.15) is 4.31 Å². The maximum absolute atomic E-state index is 12.9. The molecule has 2 fully saturated rings. The highest BCUT2D eigenvalue weighted by Crippen LogP contribution is 2.26. The Bertz CT molecular complexity index is 1080. The molecule has 172 valence electrons. The number of nitrogens with zero attached hydrogens (tertiary/aromatic N) is 2. The van der Waals surface area contributed by atoms with E-state index in [0.29, 0.717) is 13.1 Å². The van der Waals surface area contributed by atoms with Gasteiger partial charge in [-0.1, -0.05) is 41.4 Å². The van der Waals surface area contributed by atoms with Gasteiger partial charge in [0.25, 0.3) is 5.91 Å². The minimum absolute atomic E-state index is 0.0474. The number of carbonyl (C=O) groups excluding carboxylic acids is 1. The lowest BCUT2D eigenvalue weighted by atomic mass is 10.0. The molecule has 0 unspecified atom stereocenters. The molecule has 0 aliphatic carbocycles. The van der Waals surface area contributed by atoms with Gasteiger partial charge in [-0.25, -0.2) is 8.42 Å².